The highest BCUT2D eigenvalue weighted by Crippen LogP contribution is 2.27. The smallest absolute Gasteiger partial charge is 0.0696 e. The summed E-state index contributed by atoms with van der Waals surface area (Å²) in [5.74, 6) is 0. The highest BCUT2D eigenvalue weighted by atomic mass is 79.9. The molecule has 1 heterocycles. The van der Waals surface area contributed by atoms with Gasteiger partial charge < -0.3 is 15.0 Å². The Morgan fingerprint density at radius 1 is 1.43 bits per heavy atom. The SMILES string of the molecule is CCNC(CCC(C)OC)c1c(Br)cnn1CCN(C)C. The Balaban J connectivity index is 2.82. The van der Waals surface area contributed by atoms with E-state index in [0.29, 0.717) is 6.04 Å². The second-order valence-corrected chi connectivity index (χ2v) is 6.49. The molecule has 21 heavy (non-hydrogen) atoms. The van der Waals surface area contributed by atoms with Gasteiger partial charge in [0.25, 0.3) is 0 Å². The Labute approximate surface area is 137 Å². The van der Waals surface area contributed by atoms with Gasteiger partial charge in [0.1, 0.15) is 0 Å². The van der Waals surface area contributed by atoms with Gasteiger partial charge in [-0.2, -0.15) is 5.10 Å². The van der Waals surface area contributed by atoms with Crippen molar-refractivity contribution in [3.8, 4) is 0 Å². The van der Waals surface area contributed by atoms with Crippen molar-refractivity contribution in [2.24, 2.45) is 0 Å². The number of aromatic nitrogens is 2. The van der Waals surface area contributed by atoms with Gasteiger partial charge in [-0.25, -0.2) is 0 Å². The highest BCUT2D eigenvalue weighted by Gasteiger charge is 2.20. The van der Waals surface area contributed by atoms with Gasteiger partial charge in [0.2, 0.25) is 0 Å². The van der Waals surface area contributed by atoms with Crippen molar-refractivity contribution in [2.45, 2.75) is 45.4 Å². The average molecular weight is 361 g/mol. The van der Waals surface area contributed by atoms with E-state index in [-0.39, 0.29) is 6.10 Å². The first kappa shape index (κ1) is 18.6. The summed E-state index contributed by atoms with van der Waals surface area (Å²) in [7, 11) is 5.94. The Hall–Kier alpha value is -0.430. The number of hydrogen-bond donors (Lipinski definition) is 1. The molecule has 0 aliphatic carbocycles. The van der Waals surface area contributed by atoms with Gasteiger partial charge >= 0.3 is 0 Å². The summed E-state index contributed by atoms with van der Waals surface area (Å²) in [6.07, 6.45) is 4.24. The molecule has 6 heteroatoms. The van der Waals surface area contributed by atoms with Crippen molar-refractivity contribution in [3.05, 3.63) is 16.4 Å². The summed E-state index contributed by atoms with van der Waals surface area (Å²) >= 11 is 3.65. The lowest BCUT2D eigenvalue weighted by molar-refractivity contribution is 0.105. The van der Waals surface area contributed by atoms with E-state index in [1.54, 1.807) is 7.11 Å². The second-order valence-electron chi connectivity index (χ2n) is 5.64. The number of rotatable bonds is 10. The van der Waals surface area contributed by atoms with E-state index >= 15 is 0 Å². The summed E-state index contributed by atoms with van der Waals surface area (Å²) in [5, 5.41) is 8.08. The third-order valence-corrected chi connectivity index (χ3v) is 4.25. The first-order chi connectivity index (χ1) is 9.99. The van der Waals surface area contributed by atoms with Crippen molar-refractivity contribution in [1.82, 2.24) is 20.0 Å². The minimum absolute atomic E-state index is 0.281. The van der Waals surface area contributed by atoms with E-state index in [1.807, 2.05) is 6.20 Å². The molecule has 0 aliphatic rings. The van der Waals surface area contributed by atoms with Crippen LogP contribution in [0.5, 0.6) is 0 Å². The molecule has 122 valence electrons. The molecule has 0 aromatic carbocycles. The van der Waals surface area contributed by atoms with Gasteiger partial charge in [0.15, 0.2) is 0 Å². The Morgan fingerprint density at radius 2 is 2.14 bits per heavy atom. The van der Waals surface area contributed by atoms with Crippen LogP contribution in [-0.4, -0.2) is 55.1 Å². The third-order valence-electron chi connectivity index (χ3n) is 3.64. The Morgan fingerprint density at radius 3 is 2.71 bits per heavy atom. The van der Waals surface area contributed by atoms with Gasteiger partial charge in [-0.3, -0.25) is 4.68 Å². The predicted octanol–water partition coefficient (Wildman–Crippen LogP) is 2.67. The molecule has 2 atom stereocenters. The summed E-state index contributed by atoms with van der Waals surface area (Å²) in [6, 6.07) is 0.298. The molecule has 2 unspecified atom stereocenters. The summed E-state index contributed by atoms with van der Waals surface area (Å²) in [6.45, 7) is 7.07. The molecule has 0 spiro atoms. The van der Waals surface area contributed by atoms with Crippen LogP contribution in [0, 0.1) is 0 Å². The van der Waals surface area contributed by atoms with Gasteiger partial charge in [0, 0.05) is 13.7 Å². The maximum Gasteiger partial charge on any atom is 0.0696 e. The van der Waals surface area contributed by atoms with Crippen LogP contribution in [0.1, 0.15) is 38.4 Å². The van der Waals surface area contributed by atoms with E-state index in [4.69, 9.17) is 4.74 Å². The van der Waals surface area contributed by atoms with Crippen molar-refractivity contribution in [2.75, 3.05) is 34.3 Å². The fourth-order valence-corrected chi connectivity index (χ4v) is 2.86. The van der Waals surface area contributed by atoms with Gasteiger partial charge in [-0.05, 0) is 56.3 Å². The molecule has 0 radical (unpaired) electrons. The van der Waals surface area contributed by atoms with E-state index in [1.165, 1.54) is 5.69 Å². The van der Waals surface area contributed by atoms with Crippen LogP contribution in [0.4, 0.5) is 0 Å². The fraction of sp³-hybridized carbons (Fsp3) is 0.800. The van der Waals surface area contributed by atoms with Crippen LogP contribution in [0.2, 0.25) is 0 Å². The van der Waals surface area contributed by atoms with Crippen LogP contribution in [-0.2, 0) is 11.3 Å². The van der Waals surface area contributed by atoms with Gasteiger partial charge in [0.05, 0.1) is 35.1 Å². The maximum absolute atomic E-state index is 5.37. The lowest BCUT2D eigenvalue weighted by Crippen LogP contribution is -2.27. The number of hydrogen-bond acceptors (Lipinski definition) is 4. The fourth-order valence-electron chi connectivity index (χ4n) is 2.29. The molecular weight excluding hydrogens is 332 g/mol. The first-order valence-electron chi connectivity index (χ1n) is 7.61. The zero-order valence-corrected chi connectivity index (χ0v) is 15.5. The van der Waals surface area contributed by atoms with E-state index < -0.39 is 0 Å². The molecule has 0 fully saturated rings. The summed E-state index contributed by atoms with van der Waals surface area (Å²) in [5.41, 5.74) is 1.24. The molecule has 1 rings (SSSR count). The third kappa shape index (κ3) is 6.06. The summed E-state index contributed by atoms with van der Waals surface area (Å²) < 4.78 is 8.55. The number of ether oxygens (including phenoxy) is 1. The normalized spacial score (nSPS) is 14.6. The molecule has 0 aliphatic heterocycles. The number of nitrogens with one attached hydrogen (secondary N) is 1. The number of halogens is 1. The zero-order chi connectivity index (χ0) is 15.8. The van der Waals surface area contributed by atoms with Crippen LogP contribution in [0.25, 0.3) is 0 Å². The molecule has 1 N–H and O–H groups in total. The predicted molar refractivity (Wildman–Crippen MR) is 90.6 cm³/mol. The minimum Gasteiger partial charge on any atom is -0.382 e. The lowest BCUT2D eigenvalue weighted by atomic mass is 10.1. The monoisotopic (exact) mass is 360 g/mol. The van der Waals surface area contributed by atoms with Crippen molar-refractivity contribution in [1.29, 1.82) is 0 Å². The van der Waals surface area contributed by atoms with Crippen molar-refractivity contribution < 1.29 is 4.74 Å². The average Bonchev–Trinajstić information content (AvgIpc) is 2.81. The second kappa shape index (κ2) is 9.56. The summed E-state index contributed by atoms with van der Waals surface area (Å²) in [4.78, 5) is 2.18. The molecule has 0 saturated carbocycles. The Kier molecular flexibility index (Phi) is 8.48. The quantitative estimate of drug-likeness (QED) is 0.696. The van der Waals surface area contributed by atoms with E-state index in [2.05, 4.69) is 63.9 Å². The topological polar surface area (TPSA) is 42.3 Å². The minimum atomic E-state index is 0.281. The van der Waals surface area contributed by atoms with Crippen molar-refractivity contribution >= 4 is 15.9 Å². The zero-order valence-electron chi connectivity index (χ0n) is 13.9. The largest absolute Gasteiger partial charge is 0.382 e. The molecule has 1 aromatic rings. The van der Waals surface area contributed by atoms with Crippen molar-refractivity contribution in [3.63, 3.8) is 0 Å². The molecule has 0 saturated heterocycles. The number of nitrogens with zero attached hydrogens (tertiary/aromatic N) is 3. The van der Waals surface area contributed by atoms with Crippen LogP contribution < -0.4 is 5.32 Å². The lowest BCUT2D eigenvalue weighted by Gasteiger charge is -2.22. The van der Waals surface area contributed by atoms with Gasteiger partial charge in [-0.15, -0.1) is 0 Å². The molecular formula is C15H29BrN4O. The highest BCUT2D eigenvalue weighted by molar-refractivity contribution is 9.10. The van der Waals surface area contributed by atoms with E-state index in [9.17, 15) is 0 Å². The van der Waals surface area contributed by atoms with Crippen LogP contribution in [0.3, 0.4) is 0 Å². The Bertz CT molecular complexity index is 408. The molecule has 0 amide bonds. The van der Waals surface area contributed by atoms with Crippen LogP contribution in [0.15, 0.2) is 10.7 Å². The number of likely N-dealkylation sites (N-methyl/N-ethyl adjacent to an activating group) is 1. The first-order valence-corrected chi connectivity index (χ1v) is 8.41. The maximum atomic E-state index is 5.37. The van der Waals surface area contributed by atoms with Crippen LogP contribution >= 0.6 is 15.9 Å². The molecule has 0 bridgehead atoms. The van der Waals surface area contributed by atoms with Gasteiger partial charge in [-0.1, -0.05) is 6.92 Å². The molecule has 5 nitrogen and oxygen atoms in total. The number of methoxy groups -OCH3 is 1. The standard InChI is InChI=1S/C15H29BrN4O/c1-6-17-14(8-7-12(2)21-5)15-13(16)11-18-20(15)10-9-19(3)4/h11-12,14,17H,6-10H2,1-5H3. The van der Waals surface area contributed by atoms with E-state index in [0.717, 1.165) is 36.9 Å². The molecule has 1 aromatic heterocycles.